The van der Waals surface area contributed by atoms with Gasteiger partial charge in [0.15, 0.2) is 23.3 Å². The fourth-order valence-corrected chi connectivity index (χ4v) is 4.74. The van der Waals surface area contributed by atoms with Crippen molar-refractivity contribution < 1.29 is 31.8 Å². The number of unbranched alkanes of at least 4 members (excludes halogenated alkanes) is 8. The van der Waals surface area contributed by atoms with Crippen LogP contribution in [0.3, 0.4) is 0 Å². The topological polar surface area (TPSA) is 27.7 Å². The Kier molecular flexibility index (Phi) is 19.0. The predicted octanol–water partition coefficient (Wildman–Crippen LogP) is 10.0. The fraction of sp³-hybridized carbons (Fsp3) is 0.806. The van der Waals surface area contributed by atoms with Crippen LogP contribution in [0.25, 0.3) is 0 Å². The summed E-state index contributed by atoms with van der Waals surface area (Å²) in [6.45, 7) is 10.2. The van der Waals surface area contributed by atoms with E-state index in [2.05, 4.69) is 27.7 Å². The van der Waals surface area contributed by atoms with Crippen molar-refractivity contribution in [3.05, 3.63) is 34.9 Å². The van der Waals surface area contributed by atoms with Crippen molar-refractivity contribution in [1.29, 1.82) is 0 Å². The molecule has 0 aliphatic rings. The van der Waals surface area contributed by atoms with Gasteiger partial charge in [-0.15, -0.1) is 0 Å². The highest BCUT2D eigenvalue weighted by Gasteiger charge is 2.41. The highest BCUT2D eigenvalue weighted by atomic mass is 19.2. The van der Waals surface area contributed by atoms with Gasteiger partial charge in [-0.25, -0.2) is 17.6 Å². The van der Waals surface area contributed by atoms with E-state index in [9.17, 15) is 17.6 Å². The zero-order chi connectivity index (χ0) is 28.2. The van der Waals surface area contributed by atoms with Crippen LogP contribution in [0.4, 0.5) is 17.6 Å². The molecule has 0 bridgehead atoms. The minimum atomic E-state index is -1.76. The number of ether oxygens (including phenoxy) is 3. The zero-order valence-electron chi connectivity index (χ0n) is 24.3. The predicted molar refractivity (Wildman–Crippen MR) is 146 cm³/mol. The van der Waals surface area contributed by atoms with Gasteiger partial charge in [0.25, 0.3) is 5.97 Å². The summed E-state index contributed by atoms with van der Waals surface area (Å²) >= 11 is 0. The minimum absolute atomic E-state index is 0.0936. The van der Waals surface area contributed by atoms with Crippen molar-refractivity contribution in [2.45, 2.75) is 136 Å². The van der Waals surface area contributed by atoms with E-state index in [1.165, 1.54) is 32.1 Å². The summed E-state index contributed by atoms with van der Waals surface area (Å²) in [6, 6.07) is 0.764. The lowest BCUT2D eigenvalue weighted by Gasteiger charge is -2.40. The number of hydrogen-bond acceptors (Lipinski definition) is 3. The van der Waals surface area contributed by atoms with Gasteiger partial charge in [0.1, 0.15) is 0 Å². The molecule has 0 aliphatic heterocycles. The maximum Gasteiger partial charge on any atom is 0.285 e. The van der Waals surface area contributed by atoms with Crippen molar-refractivity contribution >= 4 is 0 Å². The van der Waals surface area contributed by atoms with Crippen LogP contribution in [-0.2, 0) is 20.6 Å². The lowest BCUT2D eigenvalue weighted by atomic mass is 9.91. The van der Waals surface area contributed by atoms with Gasteiger partial charge < -0.3 is 14.2 Å². The average Bonchev–Trinajstić information content (AvgIpc) is 2.92. The van der Waals surface area contributed by atoms with E-state index in [1.54, 1.807) is 0 Å². The van der Waals surface area contributed by atoms with E-state index in [0.717, 1.165) is 63.9 Å². The van der Waals surface area contributed by atoms with E-state index in [0.29, 0.717) is 26.2 Å². The first kappa shape index (κ1) is 34.8. The maximum atomic E-state index is 14.0. The molecule has 1 atom stereocenters. The van der Waals surface area contributed by atoms with Crippen molar-refractivity contribution in [2.24, 2.45) is 5.92 Å². The Labute approximate surface area is 229 Å². The standard InChI is InChI=1S/C31H52F4O3/c1-5-9-10-11-12-16-19-26(31(36-21-6-2,37-22-7-3)38-23-8-4)20-17-14-13-15-18-25-24-27(32)29(34)30(35)28(25)33/h24,26H,5-23H2,1-4H3. The summed E-state index contributed by atoms with van der Waals surface area (Å²) in [7, 11) is 0. The summed E-state index contributed by atoms with van der Waals surface area (Å²) in [4.78, 5) is 0. The van der Waals surface area contributed by atoms with Crippen molar-refractivity contribution in [2.75, 3.05) is 19.8 Å². The normalized spacial score (nSPS) is 12.8. The number of benzene rings is 1. The molecule has 7 heteroatoms. The average molecular weight is 549 g/mol. The molecule has 1 rings (SSSR count). The summed E-state index contributed by atoms with van der Waals surface area (Å²) in [6.07, 6.45) is 15.0. The zero-order valence-corrected chi connectivity index (χ0v) is 24.3. The van der Waals surface area contributed by atoms with Crippen molar-refractivity contribution in [3.63, 3.8) is 0 Å². The molecular weight excluding hydrogens is 496 g/mol. The highest BCUT2D eigenvalue weighted by Crippen LogP contribution is 2.35. The van der Waals surface area contributed by atoms with Gasteiger partial charge in [-0.2, -0.15) is 0 Å². The van der Waals surface area contributed by atoms with Crippen LogP contribution in [-0.4, -0.2) is 25.8 Å². The largest absolute Gasteiger partial charge is 0.327 e. The fourth-order valence-electron chi connectivity index (χ4n) is 4.74. The Morgan fingerprint density at radius 2 is 1.05 bits per heavy atom. The number of hydrogen-bond donors (Lipinski definition) is 0. The van der Waals surface area contributed by atoms with E-state index in [-0.39, 0.29) is 17.9 Å². The first-order chi connectivity index (χ1) is 18.4. The van der Waals surface area contributed by atoms with Crippen LogP contribution in [0.5, 0.6) is 0 Å². The second-order valence-corrected chi connectivity index (χ2v) is 10.3. The molecule has 222 valence electrons. The van der Waals surface area contributed by atoms with Gasteiger partial charge in [0.05, 0.1) is 19.8 Å². The molecule has 0 aromatic heterocycles. The third kappa shape index (κ3) is 12.3. The molecule has 0 amide bonds. The maximum absolute atomic E-state index is 14.0. The molecule has 0 fully saturated rings. The number of rotatable bonds is 24. The molecular formula is C31H52F4O3. The van der Waals surface area contributed by atoms with E-state index in [1.807, 2.05) is 0 Å². The second-order valence-electron chi connectivity index (χ2n) is 10.3. The SMILES string of the molecule is CCCCCCCCC(CCCCCCc1cc(F)c(F)c(F)c1F)C(OCCC)(OCCC)OCCC. The lowest BCUT2D eigenvalue weighted by Crippen LogP contribution is -2.47. The van der Waals surface area contributed by atoms with Crippen LogP contribution < -0.4 is 0 Å². The van der Waals surface area contributed by atoms with Crippen LogP contribution in [0.1, 0.15) is 130 Å². The van der Waals surface area contributed by atoms with E-state index < -0.39 is 29.2 Å². The van der Waals surface area contributed by atoms with E-state index in [4.69, 9.17) is 14.2 Å². The minimum Gasteiger partial charge on any atom is -0.327 e. The Morgan fingerprint density at radius 1 is 0.579 bits per heavy atom. The molecule has 1 aromatic rings. The summed E-state index contributed by atoms with van der Waals surface area (Å²) in [5.74, 6) is -7.08. The molecule has 1 aromatic carbocycles. The summed E-state index contributed by atoms with van der Waals surface area (Å²) in [5.41, 5.74) is -0.115. The second kappa shape index (κ2) is 20.7. The van der Waals surface area contributed by atoms with Crippen LogP contribution in [0, 0.1) is 29.2 Å². The van der Waals surface area contributed by atoms with E-state index >= 15 is 0 Å². The first-order valence-electron chi connectivity index (χ1n) is 15.1. The van der Waals surface area contributed by atoms with Crippen LogP contribution in [0.15, 0.2) is 6.07 Å². The molecule has 1 unspecified atom stereocenters. The van der Waals surface area contributed by atoms with Gasteiger partial charge >= 0.3 is 0 Å². The van der Waals surface area contributed by atoms with Crippen LogP contribution >= 0.6 is 0 Å². The molecule has 0 saturated heterocycles. The number of aryl methyl sites for hydroxylation is 1. The molecule has 0 saturated carbocycles. The Balaban J connectivity index is 2.78. The van der Waals surface area contributed by atoms with Gasteiger partial charge in [-0.3, -0.25) is 0 Å². The number of halogens is 4. The van der Waals surface area contributed by atoms with Gasteiger partial charge in [0, 0.05) is 5.92 Å². The first-order valence-corrected chi connectivity index (χ1v) is 15.1. The lowest BCUT2D eigenvalue weighted by molar-refractivity contribution is -0.406. The Hall–Kier alpha value is -1.18. The summed E-state index contributed by atoms with van der Waals surface area (Å²) in [5, 5.41) is 0. The monoisotopic (exact) mass is 548 g/mol. The molecule has 0 N–H and O–H groups in total. The highest BCUT2D eigenvalue weighted by molar-refractivity contribution is 5.21. The quantitative estimate of drug-likeness (QED) is 0.0423. The molecule has 0 aliphatic carbocycles. The molecule has 0 radical (unpaired) electrons. The van der Waals surface area contributed by atoms with Gasteiger partial charge in [-0.05, 0) is 56.6 Å². The molecule has 0 spiro atoms. The third-order valence-corrected chi connectivity index (χ3v) is 6.85. The van der Waals surface area contributed by atoms with Crippen LogP contribution in [0.2, 0.25) is 0 Å². The molecule has 0 heterocycles. The smallest absolute Gasteiger partial charge is 0.285 e. The van der Waals surface area contributed by atoms with Crippen molar-refractivity contribution in [1.82, 2.24) is 0 Å². The third-order valence-electron chi connectivity index (χ3n) is 6.85. The molecule has 3 nitrogen and oxygen atoms in total. The molecule has 38 heavy (non-hydrogen) atoms. The van der Waals surface area contributed by atoms with Crippen molar-refractivity contribution in [3.8, 4) is 0 Å². The summed E-state index contributed by atoms with van der Waals surface area (Å²) < 4.78 is 73.2. The Bertz CT molecular complexity index is 723. The van der Waals surface area contributed by atoms with Gasteiger partial charge in [0.2, 0.25) is 0 Å². The van der Waals surface area contributed by atoms with Gasteiger partial charge in [-0.1, -0.05) is 85.5 Å². The Morgan fingerprint density at radius 3 is 1.55 bits per heavy atom.